The summed E-state index contributed by atoms with van der Waals surface area (Å²) in [5, 5.41) is 0.178. The van der Waals surface area contributed by atoms with Gasteiger partial charge in [0, 0.05) is 30.8 Å². The molecule has 3 nitrogen and oxygen atoms in total. The summed E-state index contributed by atoms with van der Waals surface area (Å²) < 4.78 is 0. The van der Waals surface area contributed by atoms with Gasteiger partial charge in [-0.05, 0) is 24.1 Å². The highest BCUT2D eigenvalue weighted by atomic mass is 32.2. The second-order valence-electron chi connectivity index (χ2n) is 4.46. The number of carbonyl (C=O) groups is 2. The van der Waals surface area contributed by atoms with Crippen molar-refractivity contribution in [3.63, 3.8) is 0 Å². The highest BCUT2D eigenvalue weighted by Crippen LogP contribution is 2.28. The molecule has 4 heteroatoms. The lowest BCUT2D eigenvalue weighted by Crippen LogP contribution is -2.24. The Hall–Kier alpha value is -1.29. The zero-order chi connectivity index (χ0) is 13.1. The number of nitrogens with zero attached hydrogens (tertiary/aromatic N) is 1. The summed E-state index contributed by atoms with van der Waals surface area (Å²) in [6.07, 6.45) is 1.46. The van der Waals surface area contributed by atoms with E-state index in [4.69, 9.17) is 0 Å². The molecule has 0 aromatic heterocycles. The fourth-order valence-corrected chi connectivity index (χ4v) is 3.07. The van der Waals surface area contributed by atoms with E-state index in [0.717, 1.165) is 12.1 Å². The lowest BCUT2D eigenvalue weighted by Gasteiger charge is -2.16. The van der Waals surface area contributed by atoms with E-state index in [9.17, 15) is 9.59 Å². The van der Waals surface area contributed by atoms with Gasteiger partial charge in [-0.3, -0.25) is 9.59 Å². The average Bonchev–Trinajstić information content (AvgIpc) is 2.69. The van der Waals surface area contributed by atoms with E-state index in [0.29, 0.717) is 13.0 Å². The van der Waals surface area contributed by atoms with Crippen LogP contribution in [0.3, 0.4) is 0 Å². The number of thioether (sulfide) groups is 1. The number of rotatable bonds is 3. The van der Waals surface area contributed by atoms with Crippen molar-refractivity contribution in [2.75, 3.05) is 11.4 Å². The van der Waals surface area contributed by atoms with Crippen LogP contribution < -0.4 is 4.90 Å². The molecule has 2 rings (SSSR count). The van der Waals surface area contributed by atoms with Gasteiger partial charge in [0.05, 0.1) is 0 Å². The predicted molar refractivity (Wildman–Crippen MR) is 74.9 cm³/mol. The van der Waals surface area contributed by atoms with E-state index >= 15 is 0 Å². The summed E-state index contributed by atoms with van der Waals surface area (Å²) in [5.41, 5.74) is 2.20. The van der Waals surface area contributed by atoms with Gasteiger partial charge < -0.3 is 4.90 Å². The van der Waals surface area contributed by atoms with Crippen LogP contribution in [-0.4, -0.2) is 22.8 Å². The van der Waals surface area contributed by atoms with Crippen LogP contribution in [0.25, 0.3) is 0 Å². The molecule has 0 saturated carbocycles. The molecule has 0 radical (unpaired) electrons. The summed E-state index contributed by atoms with van der Waals surface area (Å²) in [5.74, 6) is 0.109. The third kappa shape index (κ3) is 2.93. The van der Waals surface area contributed by atoms with E-state index in [1.807, 2.05) is 24.3 Å². The molecule has 1 unspecified atom stereocenters. The first kappa shape index (κ1) is 13.1. The van der Waals surface area contributed by atoms with E-state index < -0.39 is 0 Å². The maximum Gasteiger partial charge on any atom is 0.228 e. The Kier molecular flexibility index (Phi) is 4.07. The largest absolute Gasteiger partial charge is 0.311 e. The van der Waals surface area contributed by atoms with Crippen LogP contribution in [0.1, 0.15) is 25.8 Å². The predicted octanol–water partition coefficient (Wildman–Crippen LogP) is 2.63. The summed E-state index contributed by atoms with van der Waals surface area (Å²) in [4.78, 5) is 24.8. The van der Waals surface area contributed by atoms with E-state index in [2.05, 4.69) is 6.92 Å². The number of carbonyl (C=O) groups excluding carboxylic acids is 2. The highest BCUT2D eigenvalue weighted by molar-refractivity contribution is 8.14. The monoisotopic (exact) mass is 263 g/mol. The van der Waals surface area contributed by atoms with Crippen LogP contribution in [0.15, 0.2) is 24.3 Å². The molecule has 1 heterocycles. The van der Waals surface area contributed by atoms with Gasteiger partial charge in [0.1, 0.15) is 0 Å². The van der Waals surface area contributed by atoms with E-state index in [1.165, 1.54) is 17.3 Å². The van der Waals surface area contributed by atoms with Gasteiger partial charge in [-0.1, -0.05) is 30.8 Å². The van der Waals surface area contributed by atoms with Gasteiger partial charge in [0.2, 0.25) is 5.91 Å². The summed E-state index contributed by atoms with van der Waals surface area (Å²) in [6, 6.07) is 8.07. The zero-order valence-electron chi connectivity index (χ0n) is 10.7. The topological polar surface area (TPSA) is 37.4 Å². The minimum Gasteiger partial charge on any atom is -0.311 e. The molecule has 1 fully saturated rings. The van der Waals surface area contributed by atoms with Crippen molar-refractivity contribution in [1.29, 1.82) is 0 Å². The molecule has 1 aromatic rings. The minimum atomic E-state index is 0.0796. The first-order valence-corrected chi connectivity index (χ1v) is 7.04. The Bertz CT molecular complexity index is 455. The standard InChI is InChI=1S/C14H17NO2S/c1-3-11-4-6-12(7-5-11)15-9-13(8-14(15)17)18-10(2)16/h4-7,13H,3,8-9H2,1-2H3. The Balaban J connectivity index is 2.08. The first-order chi connectivity index (χ1) is 8.60. The molecular weight excluding hydrogens is 246 g/mol. The van der Waals surface area contributed by atoms with Crippen molar-refractivity contribution in [1.82, 2.24) is 0 Å². The fraction of sp³-hybridized carbons (Fsp3) is 0.429. The molecule has 96 valence electrons. The van der Waals surface area contributed by atoms with Gasteiger partial charge in [-0.15, -0.1) is 0 Å². The fourth-order valence-electron chi connectivity index (χ4n) is 2.15. The third-order valence-corrected chi connectivity index (χ3v) is 4.06. The Morgan fingerprint density at radius 3 is 2.61 bits per heavy atom. The molecule has 1 aliphatic rings. The first-order valence-electron chi connectivity index (χ1n) is 6.16. The van der Waals surface area contributed by atoms with Gasteiger partial charge in [0.25, 0.3) is 0 Å². The normalized spacial score (nSPS) is 19.3. The number of amides is 1. The highest BCUT2D eigenvalue weighted by Gasteiger charge is 2.31. The van der Waals surface area contributed by atoms with Crippen molar-refractivity contribution in [3.8, 4) is 0 Å². The van der Waals surface area contributed by atoms with Gasteiger partial charge >= 0.3 is 0 Å². The van der Waals surface area contributed by atoms with Crippen LogP contribution in [-0.2, 0) is 16.0 Å². The van der Waals surface area contributed by atoms with Crippen LogP contribution in [0, 0.1) is 0 Å². The molecular formula is C14H17NO2S. The van der Waals surface area contributed by atoms with Crippen LogP contribution in [0.2, 0.25) is 0 Å². The van der Waals surface area contributed by atoms with Gasteiger partial charge in [-0.25, -0.2) is 0 Å². The Morgan fingerprint density at radius 1 is 1.39 bits per heavy atom. The van der Waals surface area contributed by atoms with Crippen molar-refractivity contribution < 1.29 is 9.59 Å². The van der Waals surface area contributed by atoms with Crippen molar-refractivity contribution >= 4 is 28.5 Å². The van der Waals surface area contributed by atoms with Crippen molar-refractivity contribution in [2.24, 2.45) is 0 Å². The third-order valence-electron chi connectivity index (χ3n) is 3.08. The van der Waals surface area contributed by atoms with E-state index in [1.54, 1.807) is 11.8 Å². The Morgan fingerprint density at radius 2 is 2.06 bits per heavy atom. The lowest BCUT2D eigenvalue weighted by atomic mass is 10.1. The Labute approximate surface area is 112 Å². The maximum absolute atomic E-state index is 11.9. The molecule has 1 atom stereocenters. The molecule has 1 saturated heterocycles. The quantitative estimate of drug-likeness (QED) is 0.841. The molecule has 1 aliphatic heterocycles. The zero-order valence-corrected chi connectivity index (χ0v) is 11.5. The maximum atomic E-state index is 11.9. The van der Waals surface area contributed by atoms with Crippen molar-refractivity contribution in [2.45, 2.75) is 31.9 Å². The molecule has 18 heavy (non-hydrogen) atoms. The smallest absolute Gasteiger partial charge is 0.228 e. The SMILES string of the molecule is CCc1ccc(N2CC(SC(C)=O)CC2=O)cc1. The molecule has 1 amide bonds. The van der Waals surface area contributed by atoms with Crippen LogP contribution >= 0.6 is 11.8 Å². The molecule has 0 spiro atoms. The summed E-state index contributed by atoms with van der Waals surface area (Å²) in [7, 11) is 0. The van der Waals surface area contributed by atoms with Crippen LogP contribution in [0.4, 0.5) is 5.69 Å². The number of aryl methyl sites for hydroxylation is 1. The second kappa shape index (κ2) is 5.57. The molecule has 0 aliphatic carbocycles. The number of anilines is 1. The number of hydrogen-bond acceptors (Lipinski definition) is 3. The average molecular weight is 263 g/mol. The van der Waals surface area contributed by atoms with Crippen LogP contribution in [0.5, 0.6) is 0 Å². The molecule has 0 N–H and O–H groups in total. The van der Waals surface area contributed by atoms with Crippen molar-refractivity contribution in [3.05, 3.63) is 29.8 Å². The second-order valence-corrected chi connectivity index (χ2v) is 5.94. The lowest BCUT2D eigenvalue weighted by molar-refractivity contribution is -0.117. The number of hydrogen-bond donors (Lipinski definition) is 0. The number of benzene rings is 1. The molecule has 1 aromatic carbocycles. The van der Waals surface area contributed by atoms with Gasteiger partial charge in [0.15, 0.2) is 5.12 Å². The summed E-state index contributed by atoms with van der Waals surface area (Å²) >= 11 is 1.27. The van der Waals surface area contributed by atoms with E-state index in [-0.39, 0.29) is 16.3 Å². The molecule has 0 bridgehead atoms. The summed E-state index contributed by atoms with van der Waals surface area (Å²) in [6.45, 7) is 4.29. The van der Waals surface area contributed by atoms with Gasteiger partial charge in [-0.2, -0.15) is 0 Å². The minimum absolute atomic E-state index is 0.0796.